The molecule has 0 bridgehead atoms. The van der Waals surface area contributed by atoms with Crippen LogP contribution in [-0.4, -0.2) is 19.0 Å². The summed E-state index contributed by atoms with van der Waals surface area (Å²) in [6.45, 7) is 4.04. The zero-order valence-corrected chi connectivity index (χ0v) is 9.93. The van der Waals surface area contributed by atoms with Gasteiger partial charge in [-0.3, -0.25) is 0 Å². The van der Waals surface area contributed by atoms with Crippen molar-refractivity contribution < 1.29 is 0 Å². The molecule has 0 aliphatic carbocycles. The highest BCUT2D eigenvalue weighted by molar-refractivity contribution is 6.18. The smallest absolute Gasteiger partial charge is 0.0404 e. The quantitative estimate of drug-likeness (QED) is 0.444. The summed E-state index contributed by atoms with van der Waals surface area (Å²) in [5.41, 5.74) is 2.72. The molecule has 82 valence electrons. The van der Waals surface area contributed by atoms with E-state index in [2.05, 4.69) is 42.6 Å². The summed E-state index contributed by atoms with van der Waals surface area (Å²) >= 11 is 5.51. The molecular weight excluding hydrogens is 206 g/mol. The Hall–Kier alpha value is -0.790. The molecule has 0 heterocycles. The predicted octanol–water partition coefficient (Wildman–Crippen LogP) is 2.92. The van der Waals surface area contributed by atoms with Crippen molar-refractivity contribution >= 4 is 11.6 Å². The number of rotatable bonds is 6. The lowest BCUT2D eigenvalue weighted by molar-refractivity contribution is 0.744. The second-order valence-corrected chi connectivity index (χ2v) is 3.88. The first kappa shape index (κ1) is 12.3. The highest BCUT2D eigenvalue weighted by atomic mass is 35.5. The van der Waals surface area contributed by atoms with E-state index in [4.69, 9.17) is 11.6 Å². The normalized spacial score (nSPS) is 11.1. The van der Waals surface area contributed by atoms with Crippen molar-refractivity contribution in [3.63, 3.8) is 0 Å². The minimum atomic E-state index is 0.597. The number of halogens is 1. The van der Waals surface area contributed by atoms with E-state index in [1.165, 1.54) is 11.1 Å². The number of hydrogen-bond donors (Lipinski definition) is 1. The average molecular weight is 224 g/mol. The Balaban J connectivity index is 2.17. The maximum atomic E-state index is 5.51. The molecule has 0 atom stereocenters. The molecule has 0 saturated carbocycles. The zero-order valence-electron chi connectivity index (χ0n) is 9.17. The number of allylic oxidation sites excluding steroid dienone is 1. The van der Waals surface area contributed by atoms with Gasteiger partial charge in [0.1, 0.15) is 0 Å². The maximum Gasteiger partial charge on any atom is 0.0404 e. The van der Waals surface area contributed by atoms with E-state index >= 15 is 0 Å². The molecule has 0 unspecified atom stereocenters. The molecule has 1 aromatic rings. The van der Waals surface area contributed by atoms with Crippen LogP contribution in [0.4, 0.5) is 0 Å². The summed E-state index contributed by atoms with van der Waals surface area (Å²) in [4.78, 5) is 0. The molecule has 0 aliphatic heterocycles. The van der Waals surface area contributed by atoms with Gasteiger partial charge in [-0.1, -0.05) is 42.0 Å². The van der Waals surface area contributed by atoms with Crippen LogP contribution in [0.1, 0.15) is 11.1 Å². The first-order valence-electron chi connectivity index (χ1n) is 5.30. The highest BCUT2D eigenvalue weighted by Crippen LogP contribution is 2.03. The Labute approximate surface area is 97.1 Å². The van der Waals surface area contributed by atoms with Gasteiger partial charge >= 0.3 is 0 Å². The van der Waals surface area contributed by atoms with Crippen LogP contribution in [-0.2, 0) is 6.42 Å². The average Bonchev–Trinajstić information content (AvgIpc) is 2.23. The lowest BCUT2D eigenvalue weighted by atomic mass is 10.1. The summed E-state index contributed by atoms with van der Waals surface area (Å²) in [7, 11) is 0. The van der Waals surface area contributed by atoms with Crippen LogP contribution in [0.15, 0.2) is 36.4 Å². The summed E-state index contributed by atoms with van der Waals surface area (Å²) in [5.74, 6) is 0.597. The first-order chi connectivity index (χ1) is 7.33. The number of aryl methyl sites for hydroxylation is 1. The molecule has 0 saturated heterocycles. The monoisotopic (exact) mass is 223 g/mol. The number of hydrogen-bond acceptors (Lipinski definition) is 1. The molecule has 0 fully saturated rings. The van der Waals surface area contributed by atoms with Gasteiger partial charge in [0, 0.05) is 12.4 Å². The lowest BCUT2D eigenvalue weighted by Gasteiger charge is -2.03. The van der Waals surface area contributed by atoms with E-state index in [9.17, 15) is 0 Å². The highest BCUT2D eigenvalue weighted by Gasteiger charge is 1.92. The van der Waals surface area contributed by atoms with E-state index < -0.39 is 0 Å². The minimum Gasteiger partial charge on any atom is -0.313 e. The van der Waals surface area contributed by atoms with E-state index in [0.717, 1.165) is 19.5 Å². The molecule has 0 spiro atoms. The van der Waals surface area contributed by atoms with Crippen LogP contribution in [0.2, 0.25) is 0 Å². The lowest BCUT2D eigenvalue weighted by Crippen LogP contribution is -2.17. The van der Waals surface area contributed by atoms with Gasteiger partial charge in [0.2, 0.25) is 0 Å². The van der Waals surface area contributed by atoms with Crippen LogP contribution in [0, 0.1) is 6.92 Å². The Morgan fingerprint density at radius 2 is 2.20 bits per heavy atom. The van der Waals surface area contributed by atoms with Gasteiger partial charge in [0.15, 0.2) is 0 Å². The van der Waals surface area contributed by atoms with Crippen molar-refractivity contribution in [3.8, 4) is 0 Å². The summed E-state index contributed by atoms with van der Waals surface area (Å²) in [5, 5.41) is 3.34. The van der Waals surface area contributed by atoms with Gasteiger partial charge in [-0.2, -0.15) is 0 Å². The fourth-order valence-electron chi connectivity index (χ4n) is 1.43. The van der Waals surface area contributed by atoms with E-state index in [0.29, 0.717) is 5.88 Å². The zero-order chi connectivity index (χ0) is 10.9. The third-order valence-corrected chi connectivity index (χ3v) is 2.37. The van der Waals surface area contributed by atoms with E-state index in [1.807, 2.05) is 6.08 Å². The molecule has 0 aromatic heterocycles. The Morgan fingerprint density at radius 3 is 2.93 bits per heavy atom. The molecule has 1 nitrogen and oxygen atoms in total. The Bertz CT molecular complexity index is 307. The largest absolute Gasteiger partial charge is 0.313 e. The first-order valence-corrected chi connectivity index (χ1v) is 5.83. The van der Waals surface area contributed by atoms with Gasteiger partial charge in [-0.15, -0.1) is 11.6 Å². The molecule has 0 aliphatic rings. The molecule has 0 amide bonds. The van der Waals surface area contributed by atoms with Crippen LogP contribution in [0.3, 0.4) is 0 Å². The third kappa shape index (κ3) is 5.60. The Morgan fingerprint density at radius 1 is 1.33 bits per heavy atom. The van der Waals surface area contributed by atoms with Crippen molar-refractivity contribution in [1.29, 1.82) is 0 Å². The Kier molecular flexibility index (Phi) is 6.14. The standard InChI is InChI=1S/C13H18ClN/c1-12-5-4-6-13(11-12)7-10-15-9-3-2-8-14/h2-6,11,15H,7-10H2,1H3/b3-2+. The van der Waals surface area contributed by atoms with Crippen LogP contribution >= 0.6 is 11.6 Å². The number of alkyl halides is 1. The van der Waals surface area contributed by atoms with Gasteiger partial charge < -0.3 is 5.32 Å². The molecule has 1 aromatic carbocycles. The van der Waals surface area contributed by atoms with Crippen LogP contribution < -0.4 is 5.32 Å². The minimum absolute atomic E-state index is 0.597. The second kappa shape index (κ2) is 7.49. The fraction of sp³-hybridized carbons (Fsp3) is 0.385. The van der Waals surface area contributed by atoms with E-state index in [1.54, 1.807) is 0 Å². The van der Waals surface area contributed by atoms with Gasteiger partial charge in [-0.25, -0.2) is 0 Å². The van der Waals surface area contributed by atoms with Crippen molar-refractivity contribution in [2.75, 3.05) is 19.0 Å². The fourth-order valence-corrected chi connectivity index (χ4v) is 1.56. The number of nitrogens with one attached hydrogen (secondary N) is 1. The van der Waals surface area contributed by atoms with Crippen molar-refractivity contribution in [2.24, 2.45) is 0 Å². The SMILES string of the molecule is Cc1cccc(CCNC/C=C/CCl)c1. The molecule has 1 rings (SSSR count). The van der Waals surface area contributed by atoms with Gasteiger partial charge in [0.25, 0.3) is 0 Å². The second-order valence-electron chi connectivity index (χ2n) is 3.57. The topological polar surface area (TPSA) is 12.0 Å². The molecular formula is C13H18ClN. The molecule has 15 heavy (non-hydrogen) atoms. The molecule has 2 heteroatoms. The number of benzene rings is 1. The van der Waals surface area contributed by atoms with Crippen molar-refractivity contribution in [3.05, 3.63) is 47.5 Å². The van der Waals surface area contributed by atoms with Crippen molar-refractivity contribution in [1.82, 2.24) is 5.32 Å². The predicted molar refractivity (Wildman–Crippen MR) is 67.6 cm³/mol. The third-order valence-electron chi connectivity index (χ3n) is 2.19. The summed E-state index contributed by atoms with van der Waals surface area (Å²) in [6, 6.07) is 8.64. The summed E-state index contributed by atoms with van der Waals surface area (Å²) < 4.78 is 0. The maximum absolute atomic E-state index is 5.51. The molecule has 0 radical (unpaired) electrons. The van der Waals surface area contributed by atoms with Crippen LogP contribution in [0.25, 0.3) is 0 Å². The van der Waals surface area contributed by atoms with E-state index in [-0.39, 0.29) is 0 Å². The van der Waals surface area contributed by atoms with Crippen molar-refractivity contribution in [2.45, 2.75) is 13.3 Å². The summed E-state index contributed by atoms with van der Waals surface area (Å²) in [6.07, 6.45) is 5.10. The van der Waals surface area contributed by atoms with Gasteiger partial charge in [0.05, 0.1) is 0 Å². The van der Waals surface area contributed by atoms with Gasteiger partial charge in [-0.05, 0) is 25.5 Å². The molecule has 1 N–H and O–H groups in total. The van der Waals surface area contributed by atoms with Crippen LogP contribution in [0.5, 0.6) is 0 Å².